The van der Waals surface area contributed by atoms with Crippen LogP contribution in [0.5, 0.6) is 0 Å². The van der Waals surface area contributed by atoms with Crippen LogP contribution in [0, 0.1) is 17.0 Å². The van der Waals surface area contributed by atoms with Gasteiger partial charge in [-0.05, 0) is 34.6 Å². The van der Waals surface area contributed by atoms with Crippen LogP contribution in [-0.4, -0.2) is 20.7 Å². The first-order chi connectivity index (χ1) is 7.34. The van der Waals surface area contributed by atoms with Gasteiger partial charge < -0.3 is 5.32 Å². The Balaban J connectivity index is 3.31. The number of rotatable bonds is 4. The topological polar surface area (TPSA) is 73.0 Å². The zero-order valence-corrected chi connectivity index (χ0v) is 10.3. The standard InChI is InChI=1S/C10H18N4O2/c1-6(2)11-10-9(14(15)16)8(5)12-13(10)7(3)4/h6-7,11H,1-5H3. The second kappa shape index (κ2) is 4.51. The maximum Gasteiger partial charge on any atom is 0.333 e. The molecule has 0 spiro atoms. The van der Waals surface area contributed by atoms with Crippen molar-refractivity contribution < 1.29 is 4.92 Å². The van der Waals surface area contributed by atoms with Crippen LogP contribution in [0.1, 0.15) is 39.4 Å². The summed E-state index contributed by atoms with van der Waals surface area (Å²) in [4.78, 5) is 10.6. The molecule has 1 aromatic heterocycles. The average molecular weight is 226 g/mol. The molecule has 0 saturated carbocycles. The van der Waals surface area contributed by atoms with Gasteiger partial charge in [0, 0.05) is 12.1 Å². The van der Waals surface area contributed by atoms with E-state index in [-0.39, 0.29) is 22.7 Å². The molecule has 0 amide bonds. The summed E-state index contributed by atoms with van der Waals surface area (Å²) in [5.74, 6) is 0.493. The van der Waals surface area contributed by atoms with E-state index in [0.717, 1.165) is 0 Å². The Kier molecular flexibility index (Phi) is 3.51. The maximum atomic E-state index is 11.0. The number of nitrogens with one attached hydrogen (secondary N) is 1. The van der Waals surface area contributed by atoms with Gasteiger partial charge in [-0.2, -0.15) is 5.10 Å². The molecule has 0 aliphatic heterocycles. The van der Waals surface area contributed by atoms with Gasteiger partial charge in [-0.3, -0.25) is 10.1 Å². The van der Waals surface area contributed by atoms with Gasteiger partial charge in [-0.1, -0.05) is 0 Å². The van der Waals surface area contributed by atoms with Crippen molar-refractivity contribution in [3.63, 3.8) is 0 Å². The third-order valence-electron chi connectivity index (χ3n) is 2.15. The highest BCUT2D eigenvalue weighted by Gasteiger charge is 2.26. The first-order valence-electron chi connectivity index (χ1n) is 5.34. The zero-order valence-electron chi connectivity index (χ0n) is 10.3. The number of aryl methyl sites for hydroxylation is 1. The first kappa shape index (κ1) is 12.5. The Morgan fingerprint density at radius 3 is 2.31 bits per heavy atom. The van der Waals surface area contributed by atoms with Crippen molar-refractivity contribution in [1.82, 2.24) is 9.78 Å². The number of nitrogens with zero attached hydrogens (tertiary/aromatic N) is 3. The van der Waals surface area contributed by atoms with E-state index in [0.29, 0.717) is 11.5 Å². The maximum absolute atomic E-state index is 11.0. The Hall–Kier alpha value is -1.59. The van der Waals surface area contributed by atoms with E-state index in [1.54, 1.807) is 11.6 Å². The molecule has 0 saturated heterocycles. The number of aromatic nitrogens is 2. The smallest absolute Gasteiger partial charge is 0.333 e. The second-order valence-electron chi connectivity index (χ2n) is 4.38. The Morgan fingerprint density at radius 1 is 1.38 bits per heavy atom. The predicted molar refractivity (Wildman–Crippen MR) is 62.8 cm³/mol. The third-order valence-corrected chi connectivity index (χ3v) is 2.15. The predicted octanol–water partition coefficient (Wildman–Crippen LogP) is 2.50. The number of hydrogen-bond acceptors (Lipinski definition) is 4. The molecule has 0 unspecified atom stereocenters. The molecular formula is C10H18N4O2. The van der Waals surface area contributed by atoms with Crippen molar-refractivity contribution in [3.05, 3.63) is 15.8 Å². The number of hydrogen-bond donors (Lipinski definition) is 1. The molecule has 6 heteroatoms. The molecule has 0 aromatic carbocycles. The van der Waals surface area contributed by atoms with Gasteiger partial charge in [-0.25, -0.2) is 4.68 Å². The molecule has 0 bridgehead atoms. The van der Waals surface area contributed by atoms with Crippen LogP contribution < -0.4 is 5.32 Å². The molecule has 16 heavy (non-hydrogen) atoms. The monoisotopic (exact) mass is 226 g/mol. The van der Waals surface area contributed by atoms with Crippen LogP contribution in [0.3, 0.4) is 0 Å². The van der Waals surface area contributed by atoms with Crippen molar-refractivity contribution in [1.29, 1.82) is 0 Å². The minimum absolute atomic E-state index is 0.0717. The van der Waals surface area contributed by atoms with Gasteiger partial charge in [0.1, 0.15) is 5.69 Å². The van der Waals surface area contributed by atoms with Crippen molar-refractivity contribution in [2.24, 2.45) is 0 Å². The van der Waals surface area contributed by atoms with E-state index in [1.165, 1.54) is 0 Å². The van der Waals surface area contributed by atoms with Gasteiger partial charge >= 0.3 is 5.69 Å². The zero-order chi connectivity index (χ0) is 12.5. The normalized spacial score (nSPS) is 11.2. The fourth-order valence-corrected chi connectivity index (χ4v) is 1.54. The van der Waals surface area contributed by atoms with E-state index >= 15 is 0 Å². The van der Waals surface area contributed by atoms with Gasteiger partial charge in [0.25, 0.3) is 0 Å². The van der Waals surface area contributed by atoms with Crippen molar-refractivity contribution >= 4 is 11.5 Å². The molecule has 1 aromatic rings. The lowest BCUT2D eigenvalue weighted by Crippen LogP contribution is -2.16. The lowest BCUT2D eigenvalue weighted by molar-refractivity contribution is -0.384. The number of nitro groups is 1. The molecule has 1 heterocycles. The second-order valence-corrected chi connectivity index (χ2v) is 4.38. The van der Waals surface area contributed by atoms with Gasteiger partial charge in [0.15, 0.2) is 0 Å². The largest absolute Gasteiger partial charge is 0.362 e. The van der Waals surface area contributed by atoms with Crippen LogP contribution in [-0.2, 0) is 0 Å². The van der Waals surface area contributed by atoms with Crippen LogP contribution in [0.15, 0.2) is 0 Å². The molecular weight excluding hydrogens is 208 g/mol. The molecule has 90 valence electrons. The summed E-state index contributed by atoms with van der Waals surface area (Å²) in [5, 5.41) is 18.3. The first-order valence-corrected chi connectivity index (χ1v) is 5.34. The molecule has 1 N–H and O–H groups in total. The molecule has 0 atom stereocenters. The summed E-state index contributed by atoms with van der Waals surface area (Å²) in [7, 11) is 0. The summed E-state index contributed by atoms with van der Waals surface area (Å²) in [6.45, 7) is 9.43. The molecule has 0 aliphatic rings. The lowest BCUT2D eigenvalue weighted by atomic mass is 10.3. The third kappa shape index (κ3) is 2.32. The summed E-state index contributed by atoms with van der Waals surface area (Å²) in [6.07, 6.45) is 0. The molecule has 0 aliphatic carbocycles. The van der Waals surface area contributed by atoms with E-state index in [1.807, 2.05) is 27.7 Å². The van der Waals surface area contributed by atoms with Gasteiger partial charge in [-0.15, -0.1) is 0 Å². The van der Waals surface area contributed by atoms with Crippen LogP contribution in [0.2, 0.25) is 0 Å². The number of anilines is 1. The molecule has 1 rings (SSSR count). The molecule has 0 fully saturated rings. The average Bonchev–Trinajstić information content (AvgIpc) is 2.41. The highest BCUT2D eigenvalue weighted by atomic mass is 16.6. The van der Waals surface area contributed by atoms with Crippen LogP contribution in [0.4, 0.5) is 11.5 Å². The Bertz CT molecular complexity index is 396. The van der Waals surface area contributed by atoms with Crippen molar-refractivity contribution in [2.75, 3.05) is 5.32 Å². The van der Waals surface area contributed by atoms with E-state index in [4.69, 9.17) is 0 Å². The summed E-state index contributed by atoms with van der Waals surface area (Å²) >= 11 is 0. The molecule has 0 radical (unpaired) electrons. The van der Waals surface area contributed by atoms with E-state index < -0.39 is 0 Å². The summed E-state index contributed by atoms with van der Waals surface area (Å²) in [6, 6.07) is 0.223. The van der Waals surface area contributed by atoms with Crippen LogP contribution in [0.25, 0.3) is 0 Å². The minimum Gasteiger partial charge on any atom is -0.362 e. The highest BCUT2D eigenvalue weighted by Crippen LogP contribution is 2.30. The Labute approximate surface area is 94.8 Å². The highest BCUT2D eigenvalue weighted by molar-refractivity contribution is 5.60. The fraction of sp³-hybridized carbons (Fsp3) is 0.700. The lowest BCUT2D eigenvalue weighted by Gasteiger charge is -2.13. The summed E-state index contributed by atoms with van der Waals surface area (Å²) in [5.41, 5.74) is 0.518. The van der Waals surface area contributed by atoms with Crippen molar-refractivity contribution in [3.8, 4) is 0 Å². The molecule has 6 nitrogen and oxygen atoms in total. The minimum atomic E-state index is -0.383. The van der Waals surface area contributed by atoms with E-state index in [2.05, 4.69) is 10.4 Å². The van der Waals surface area contributed by atoms with Crippen molar-refractivity contribution in [2.45, 2.75) is 46.7 Å². The van der Waals surface area contributed by atoms with E-state index in [9.17, 15) is 10.1 Å². The van der Waals surface area contributed by atoms with Crippen LogP contribution >= 0.6 is 0 Å². The SMILES string of the molecule is Cc1nn(C(C)C)c(NC(C)C)c1[N+](=O)[O-]. The fourth-order valence-electron chi connectivity index (χ4n) is 1.54. The van der Waals surface area contributed by atoms with Gasteiger partial charge in [0.2, 0.25) is 5.82 Å². The van der Waals surface area contributed by atoms with Gasteiger partial charge in [0.05, 0.1) is 4.92 Å². The summed E-state index contributed by atoms with van der Waals surface area (Å²) < 4.78 is 1.66. The Morgan fingerprint density at radius 2 is 1.94 bits per heavy atom. The quantitative estimate of drug-likeness (QED) is 0.632.